The smallest absolute Gasteiger partial charge is 0.416 e. The number of hydrogen-bond acceptors (Lipinski definition) is 3. The first-order valence-corrected chi connectivity index (χ1v) is 6.42. The SMILES string of the molecule is O=C(CC1(C(=O)O)CCCCC1)NCC(O)C(F)(F)F. The Morgan fingerprint density at radius 3 is 2.20 bits per heavy atom. The zero-order chi connectivity index (χ0) is 15.4. The van der Waals surface area contributed by atoms with Crippen LogP contribution in [0.25, 0.3) is 0 Å². The van der Waals surface area contributed by atoms with Crippen molar-refractivity contribution in [1.82, 2.24) is 5.32 Å². The number of carboxylic acid groups (broad SMARTS) is 1. The molecule has 1 saturated carbocycles. The van der Waals surface area contributed by atoms with E-state index >= 15 is 0 Å². The molecule has 0 heterocycles. The monoisotopic (exact) mass is 297 g/mol. The van der Waals surface area contributed by atoms with Gasteiger partial charge in [0, 0.05) is 6.42 Å². The molecule has 3 N–H and O–H groups in total. The van der Waals surface area contributed by atoms with Crippen molar-refractivity contribution in [3.05, 3.63) is 0 Å². The standard InChI is InChI=1S/C12H18F3NO4/c13-12(14,15)8(17)7-16-9(18)6-11(10(19)20)4-2-1-3-5-11/h8,17H,1-7H2,(H,16,18)(H,19,20). The van der Waals surface area contributed by atoms with E-state index in [0.717, 1.165) is 6.42 Å². The Bertz CT molecular complexity index is 364. The molecule has 1 fully saturated rings. The number of amides is 1. The molecule has 0 aliphatic heterocycles. The van der Waals surface area contributed by atoms with Crippen molar-refractivity contribution in [2.75, 3.05) is 6.54 Å². The predicted molar refractivity (Wildman–Crippen MR) is 62.8 cm³/mol. The maximum atomic E-state index is 12.1. The highest BCUT2D eigenvalue weighted by Crippen LogP contribution is 2.39. The topological polar surface area (TPSA) is 86.6 Å². The summed E-state index contributed by atoms with van der Waals surface area (Å²) in [6.07, 6.45) is -4.84. The Balaban J connectivity index is 2.53. The van der Waals surface area contributed by atoms with Crippen molar-refractivity contribution in [3.63, 3.8) is 0 Å². The van der Waals surface area contributed by atoms with E-state index in [4.69, 9.17) is 5.11 Å². The van der Waals surface area contributed by atoms with Crippen molar-refractivity contribution in [1.29, 1.82) is 0 Å². The second-order valence-electron chi connectivity index (χ2n) is 5.18. The molecule has 1 amide bonds. The first-order chi connectivity index (χ1) is 9.17. The molecule has 1 rings (SSSR count). The van der Waals surface area contributed by atoms with Crippen LogP contribution >= 0.6 is 0 Å². The first-order valence-electron chi connectivity index (χ1n) is 6.42. The van der Waals surface area contributed by atoms with Gasteiger partial charge in [0.15, 0.2) is 6.10 Å². The fourth-order valence-corrected chi connectivity index (χ4v) is 2.39. The van der Waals surface area contributed by atoms with Crippen molar-refractivity contribution in [3.8, 4) is 0 Å². The maximum absolute atomic E-state index is 12.1. The Kier molecular flexibility index (Phi) is 5.38. The van der Waals surface area contributed by atoms with Crippen molar-refractivity contribution in [2.24, 2.45) is 5.41 Å². The molecule has 5 nitrogen and oxygen atoms in total. The summed E-state index contributed by atoms with van der Waals surface area (Å²) < 4.78 is 36.2. The Labute approximate surface area is 114 Å². The zero-order valence-electron chi connectivity index (χ0n) is 10.9. The summed E-state index contributed by atoms with van der Waals surface area (Å²) in [4.78, 5) is 22.9. The van der Waals surface area contributed by atoms with Crippen LogP contribution in [0.4, 0.5) is 13.2 Å². The fraction of sp³-hybridized carbons (Fsp3) is 0.833. The van der Waals surface area contributed by atoms with Gasteiger partial charge in [0.1, 0.15) is 0 Å². The van der Waals surface area contributed by atoms with Crippen molar-refractivity contribution in [2.45, 2.75) is 50.8 Å². The van der Waals surface area contributed by atoms with Gasteiger partial charge >= 0.3 is 12.1 Å². The number of aliphatic hydroxyl groups is 1. The average molecular weight is 297 g/mol. The van der Waals surface area contributed by atoms with E-state index in [9.17, 15) is 27.9 Å². The second-order valence-corrected chi connectivity index (χ2v) is 5.18. The molecule has 1 atom stereocenters. The van der Waals surface area contributed by atoms with Crippen LogP contribution in [0.1, 0.15) is 38.5 Å². The molecular weight excluding hydrogens is 279 g/mol. The summed E-state index contributed by atoms with van der Waals surface area (Å²) in [6.45, 7) is -0.960. The molecule has 0 aromatic carbocycles. The van der Waals surface area contributed by atoms with Crippen molar-refractivity contribution < 1.29 is 33.0 Å². The molecule has 20 heavy (non-hydrogen) atoms. The number of carbonyl (C=O) groups excluding carboxylic acids is 1. The van der Waals surface area contributed by atoms with E-state index in [1.54, 1.807) is 0 Å². The highest BCUT2D eigenvalue weighted by Gasteiger charge is 2.42. The fourth-order valence-electron chi connectivity index (χ4n) is 2.39. The van der Waals surface area contributed by atoms with Gasteiger partial charge < -0.3 is 15.5 Å². The minimum atomic E-state index is -4.80. The summed E-state index contributed by atoms with van der Waals surface area (Å²) in [5.41, 5.74) is -1.19. The van der Waals surface area contributed by atoms with Gasteiger partial charge in [-0.15, -0.1) is 0 Å². The molecule has 0 spiro atoms. The minimum Gasteiger partial charge on any atom is -0.481 e. The molecule has 0 aromatic heterocycles. The molecule has 1 aliphatic rings. The molecule has 0 saturated heterocycles. The number of hydrogen-bond donors (Lipinski definition) is 3. The summed E-state index contributed by atoms with van der Waals surface area (Å²) in [5, 5.41) is 19.9. The lowest BCUT2D eigenvalue weighted by atomic mass is 9.71. The highest BCUT2D eigenvalue weighted by atomic mass is 19.4. The van der Waals surface area contributed by atoms with Crippen LogP contribution in [0, 0.1) is 5.41 Å². The summed E-state index contributed by atoms with van der Waals surface area (Å²) in [6, 6.07) is 0. The van der Waals surface area contributed by atoms with E-state index < -0.39 is 36.1 Å². The Morgan fingerprint density at radius 2 is 1.75 bits per heavy atom. The molecule has 0 aromatic rings. The third kappa shape index (κ3) is 4.36. The second kappa shape index (κ2) is 6.43. The zero-order valence-corrected chi connectivity index (χ0v) is 10.9. The van der Waals surface area contributed by atoms with Crippen LogP contribution in [0.5, 0.6) is 0 Å². The molecule has 116 valence electrons. The number of nitrogens with one attached hydrogen (secondary N) is 1. The highest BCUT2D eigenvalue weighted by molar-refractivity contribution is 5.85. The van der Waals surface area contributed by atoms with E-state index in [0.29, 0.717) is 25.7 Å². The van der Waals surface area contributed by atoms with Gasteiger partial charge in [0.05, 0.1) is 12.0 Å². The molecular formula is C12H18F3NO4. The van der Waals surface area contributed by atoms with Crippen LogP contribution in [-0.4, -0.2) is 40.9 Å². The quantitative estimate of drug-likeness (QED) is 0.717. The summed E-state index contributed by atoms with van der Waals surface area (Å²) in [5.74, 6) is -1.87. The molecule has 0 radical (unpaired) electrons. The van der Waals surface area contributed by atoms with E-state index in [1.165, 1.54) is 0 Å². The lowest BCUT2D eigenvalue weighted by Crippen LogP contribution is -2.44. The number of halogens is 3. The lowest BCUT2D eigenvalue weighted by Gasteiger charge is -2.32. The summed E-state index contributed by atoms with van der Waals surface area (Å²) in [7, 11) is 0. The number of aliphatic carboxylic acids is 1. The minimum absolute atomic E-state index is 0.345. The maximum Gasteiger partial charge on any atom is 0.416 e. The molecule has 1 unspecified atom stereocenters. The Morgan fingerprint density at radius 1 is 1.20 bits per heavy atom. The van der Waals surface area contributed by atoms with Gasteiger partial charge in [-0.05, 0) is 12.8 Å². The van der Waals surface area contributed by atoms with Crippen LogP contribution in [0.3, 0.4) is 0 Å². The number of aliphatic hydroxyl groups excluding tert-OH is 1. The van der Waals surface area contributed by atoms with Gasteiger partial charge in [-0.2, -0.15) is 13.2 Å². The third-order valence-corrected chi connectivity index (χ3v) is 3.63. The predicted octanol–water partition coefficient (Wildman–Crippen LogP) is 1.45. The molecule has 8 heteroatoms. The molecule has 0 bridgehead atoms. The number of rotatable bonds is 5. The van der Waals surface area contributed by atoms with Gasteiger partial charge in [-0.3, -0.25) is 9.59 Å². The number of alkyl halides is 3. The van der Waals surface area contributed by atoms with Gasteiger partial charge in [0.2, 0.25) is 5.91 Å². The van der Waals surface area contributed by atoms with E-state index in [2.05, 4.69) is 0 Å². The lowest BCUT2D eigenvalue weighted by molar-refractivity contribution is -0.202. The third-order valence-electron chi connectivity index (χ3n) is 3.63. The average Bonchev–Trinajstić information content (AvgIpc) is 2.35. The summed E-state index contributed by atoms with van der Waals surface area (Å²) >= 11 is 0. The molecule has 1 aliphatic carbocycles. The first kappa shape index (κ1) is 16.7. The van der Waals surface area contributed by atoms with E-state index in [1.807, 2.05) is 5.32 Å². The van der Waals surface area contributed by atoms with Gasteiger partial charge in [-0.1, -0.05) is 19.3 Å². The van der Waals surface area contributed by atoms with Crippen LogP contribution < -0.4 is 5.32 Å². The normalized spacial score (nSPS) is 20.2. The van der Waals surface area contributed by atoms with Crippen LogP contribution in [-0.2, 0) is 9.59 Å². The van der Waals surface area contributed by atoms with E-state index in [-0.39, 0.29) is 6.42 Å². The van der Waals surface area contributed by atoms with Crippen LogP contribution in [0.2, 0.25) is 0 Å². The van der Waals surface area contributed by atoms with Crippen LogP contribution in [0.15, 0.2) is 0 Å². The number of carbonyl (C=O) groups is 2. The number of carboxylic acids is 1. The van der Waals surface area contributed by atoms with Gasteiger partial charge in [0.25, 0.3) is 0 Å². The van der Waals surface area contributed by atoms with Crippen molar-refractivity contribution >= 4 is 11.9 Å². The Hall–Kier alpha value is -1.31. The van der Waals surface area contributed by atoms with Gasteiger partial charge in [-0.25, -0.2) is 0 Å². The largest absolute Gasteiger partial charge is 0.481 e.